The molecule has 15 heavy (non-hydrogen) atoms. The molecule has 0 radical (unpaired) electrons. The fourth-order valence-corrected chi connectivity index (χ4v) is 1.56. The number of nitrogens with zero attached hydrogens (tertiary/aromatic N) is 1. The van der Waals surface area contributed by atoms with Gasteiger partial charge in [-0.3, -0.25) is 0 Å². The van der Waals surface area contributed by atoms with Crippen molar-refractivity contribution >= 4 is 5.69 Å². The number of para-hydroxylation sites is 1. The van der Waals surface area contributed by atoms with Gasteiger partial charge in [0.05, 0.1) is 6.10 Å². The first-order valence-corrected chi connectivity index (χ1v) is 5.46. The van der Waals surface area contributed by atoms with E-state index in [1.807, 2.05) is 18.2 Å². The SMILES string of the molecule is CCCN(CC(O)CN)c1ccccc1. The molecule has 1 unspecified atom stereocenters. The maximum Gasteiger partial charge on any atom is 0.0836 e. The first kappa shape index (κ1) is 12.0. The van der Waals surface area contributed by atoms with Gasteiger partial charge in [0.25, 0.3) is 0 Å². The largest absolute Gasteiger partial charge is 0.390 e. The van der Waals surface area contributed by atoms with Crippen LogP contribution in [0.1, 0.15) is 13.3 Å². The van der Waals surface area contributed by atoms with Crippen molar-refractivity contribution < 1.29 is 5.11 Å². The van der Waals surface area contributed by atoms with Crippen molar-refractivity contribution in [2.24, 2.45) is 5.73 Å². The van der Waals surface area contributed by atoms with Gasteiger partial charge in [-0.05, 0) is 18.6 Å². The zero-order chi connectivity index (χ0) is 11.1. The number of aliphatic hydroxyl groups is 1. The second kappa shape index (κ2) is 6.43. The summed E-state index contributed by atoms with van der Waals surface area (Å²) in [5, 5.41) is 9.55. The zero-order valence-corrected chi connectivity index (χ0v) is 9.26. The maximum absolute atomic E-state index is 9.55. The minimum Gasteiger partial charge on any atom is -0.390 e. The first-order chi connectivity index (χ1) is 7.27. The van der Waals surface area contributed by atoms with E-state index in [0.717, 1.165) is 18.7 Å². The minimum absolute atomic E-state index is 0.313. The van der Waals surface area contributed by atoms with E-state index in [2.05, 4.69) is 24.0 Å². The highest BCUT2D eigenvalue weighted by molar-refractivity contribution is 5.45. The number of aliphatic hydroxyl groups excluding tert-OH is 1. The van der Waals surface area contributed by atoms with Crippen LogP contribution in [0, 0.1) is 0 Å². The summed E-state index contributed by atoms with van der Waals surface area (Å²) < 4.78 is 0. The van der Waals surface area contributed by atoms with Crippen molar-refractivity contribution in [2.45, 2.75) is 19.4 Å². The number of anilines is 1. The summed E-state index contributed by atoms with van der Waals surface area (Å²) in [6.07, 6.45) is 0.614. The monoisotopic (exact) mass is 208 g/mol. The molecule has 84 valence electrons. The van der Waals surface area contributed by atoms with Gasteiger partial charge in [0.15, 0.2) is 0 Å². The molecule has 0 saturated carbocycles. The molecule has 3 N–H and O–H groups in total. The minimum atomic E-state index is -0.447. The van der Waals surface area contributed by atoms with Crippen molar-refractivity contribution in [2.75, 3.05) is 24.5 Å². The van der Waals surface area contributed by atoms with E-state index in [1.54, 1.807) is 0 Å². The molecule has 3 heteroatoms. The number of hydrogen-bond donors (Lipinski definition) is 2. The van der Waals surface area contributed by atoms with E-state index in [1.165, 1.54) is 0 Å². The molecule has 0 aliphatic rings. The summed E-state index contributed by atoms with van der Waals surface area (Å²) in [4.78, 5) is 2.16. The summed E-state index contributed by atoms with van der Waals surface area (Å²) in [5.41, 5.74) is 6.56. The topological polar surface area (TPSA) is 49.5 Å². The van der Waals surface area contributed by atoms with Crippen molar-refractivity contribution in [3.8, 4) is 0 Å². The lowest BCUT2D eigenvalue weighted by Crippen LogP contribution is -2.37. The summed E-state index contributed by atoms with van der Waals surface area (Å²) in [6, 6.07) is 10.1. The molecule has 0 spiro atoms. The van der Waals surface area contributed by atoms with Gasteiger partial charge in [0, 0.05) is 25.3 Å². The fourth-order valence-electron chi connectivity index (χ4n) is 1.56. The lowest BCUT2D eigenvalue weighted by molar-refractivity contribution is 0.188. The predicted molar refractivity (Wildman–Crippen MR) is 64.0 cm³/mol. The quantitative estimate of drug-likeness (QED) is 0.739. The number of hydrogen-bond acceptors (Lipinski definition) is 3. The number of nitrogens with two attached hydrogens (primary N) is 1. The summed E-state index contributed by atoms with van der Waals surface area (Å²) in [7, 11) is 0. The van der Waals surface area contributed by atoms with E-state index in [-0.39, 0.29) is 0 Å². The van der Waals surface area contributed by atoms with Crippen LogP contribution in [0.4, 0.5) is 5.69 Å². The van der Waals surface area contributed by atoms with Gasteiger partial charge in [0.2, 0.25) is 0 Å². The Labute approximate surface area is 91.5 Å². The Kier molecular flexibility index (Phi) is 5.15. The average Bonchev–Trinajstić information content (AvgIpc) is 2.29. The van der Waals surface area contributed by atoms with Crippen LogP contribution in [0.5, 0.6) is 0 Å². The van der Waals surface area contributed by atoms with Crippen LogP contribution in [-0.4, -0.2) is 30.8 Å². The van der Waals surface area contributed by atoms with Crippen LogP contribution in [0.3, 0.4) is 0 Å². The van der Waals surface area contributed by atoms with E-state index < -0.39 is 6.10 Å². The summed E-state index contributed by atoms with van der Waals surface area (Å²) in [6.45, 7) is 3.99. The average molecular weight is 208 g/mol. The van der Waals surface area contributed by atoms with E-state index >= 15 is 0 Å². The highest BCUT2D eigenvalue weighted by Crippen LogP contribution is 2.13. The van der Waals surface area contributed by atoms with Crippen LogP contribution in [0.25, 0.3) is 0 Å². The summed E-state index contributed by atoms with van der Waals surface area (Å²) in [5.74, 6) is 0. The first-order valence-electron chi connectivity index (χ1n) is 5.46. The van der Waals surface area contributed by atoms with Crippen LogP contribution in [0.15, 0.2) is 30.3 Å². The van der Waals surface area contributed by atoms with E-state index in [4.69, 9.17) is 5.73 Å². The van der Waals surface area contributed by atoms with Crippen LogP contribution >= 0.6 is 0 Å². The lowest BCUT2D eigenvalue weighted by Gasteiger charge is -2.26. The van der Waals surface area contributed by atoms with E-state index in [0.29, 0.717) is 13.1 Å². The number of rotatable bonds is 6. The van der Waals surface area contributed by atoms with Crippen molar-refractivity contribution in [1.82, 2.24) is 0 Å². The molecule has 1 aromatic rings. The Morgan fingerprint density at radius 3 is 2.53 bits per heavy atom. The molecule has 0 fully saturated rings. The molecule has 0 saturated heterocycles. The third-order valence-electron chi connectivity index (χ3n) is 2.32. The molecule has 0 amide bonds. The molecule has 1 rings (SSSR count). The van der Waals surface area contributed by atoms with Gasteiger partial charge in [-0.25, -0.2) is 0 Å². The second-order valence-electron chi connectivity index (χ2n) is 3.67. The fraction of sp³-hybridized carbons (Fsp3) is 0.500. The van der Waals surface area contributed by atoms with Crippen molar-refractivity contribution in [3.63, 3.8) is 0 Å². The normalized spacial score (nSPS) is 12.5. The van der Waals surface area contributed by atoms with Gasteiger partial charge in [-0.1, -0.05) is 25.1 Å². The molecular formula is C12H20N2O. The predicted octanol–water partition coefficient (Wildman–Crippen LogP) is 1.22. The molecule has 0 heterocycles. The lowest BCUT2D eigenvalue weighted by atomic mass is 10.2. The highest BCUT2D eigenvalue weighted by Gasteiger charge is 2.09. The van der Waals surface area contributed by atoms with Crippen LogP contribution < -0.4 is 10.6 Å². The number of benzene rings is 1. The Balaban J connectivity index is 2.65. The molecule has 1 atom stereocenters. The summed E-state index contributed by atoms with van der Waals surface area (Å²) >= 11 is 0. The molecule has 1 aromatic carbocycles. The van der Waals surface area contributed by atoms with Gasteiger partial charge in [-0.15, -0.1) is 0 Å². The van der Waals surface area contributed by atoms with Gasteiger partial charge >= 0.3 is 0 Å². The molecule has 0 aliphatic heterocycles. The van der Waals surface area contributed by atoms with Crippen LogP contribution in [0.2, 0.25) is 0 Å². The van der Waals surface area contributed by atoms with Crippen molar-refractivity contribution in [3.05, 3.63) is 30.3 Å². The van der Waals surface area contributed by atoms with Crippen LogP contribution in [-0.2, 0) is 0 Å². The molecule has 0 bridgehead atoms. The third-order valence-corrected chi connectivity index (χ3v) is 2.32. The standard InChI is InChI=1S/C12H20N2O/c1-2-8-14(10-12(15)9-13)11-6-4-3-5-7-11/h3-7,12,15H,2,8-10,13H2,1H3. The Bertz CT molecular complexity index is 264. The second-order valence-corrected chi connectivity index (χ2v) is 3.67. The van der Waals surface area contributed by atoms with E-state index in [9.17, 15) is 5.11 Å². The zero-order valence-electron chi connectivity index (χ0n) is 9.26. The Morgan fingerprint density at radius 2 is 2.00 bits per heavy atom. The Morgan fingerprint density at radius 1 is 1.33 bits per heavy atom. The van der Waals surface area contributed by atoms with Gasteiger partial charge < -0.3 is 15.7 Å². The molecule has 3 nitrogen and oxygen atoms in total. The van der Waals surface area contributed by atoms with Gasteiger partial charge in [-0.2, -0.15) is 0 Å². The molecular weight excluding hydrogens is 188 g/mol. The molecule has 0 aromatic heterocycles. The smallest absolute Gasteiger partial charge is 0.0836 e. The Hall–Kier alpha value is -1.06. The highest BCUT2D eigenvalue weighted by atomic mass is 16.3. The molecule has 0 aliphatic carbocycles. The van der Waals surface area contributed by atoms with Crippen molar-refractivity contribution in [1.29, 1.82) is 0 Å². The third kappa shape index (κ3) is 3.90. The maximum atomic E-state index is 9.55. The van der Waals surface area contributed by atoms with Gasteiger partial charge in [0.1, 0.15) is 0 Å².